The summed E-state index contributed by atoms with van der Waals surface area (Å²) in [6.07, 6.45) is -0.733. The van der Waals surface area contributed by atoms with Gasteiger partial charge < -0.3 is 25.2 Å². The van der Waals surface area contributed by atoms with Gasteiger partial charge in [-0.1, -0.05) is 36.4 Å². The molecule has 10 heteroatoms. The van der Waals surface area contributed by atoms with E-state index in [4.69, 9.17) is 9.47 Å². The van der Waals surface area contributed by atoms with Crippen molar-refractivity contribution in [3.05, 3.63) is 42.5 Å². The Kier molecular flexibility index (Phi) is 8.25. The van der Waals surface area contributed by atoms with Crippen molar-refractivity contribution in [1.29, 1.82) is 0 Å². The minimum atomic E-state index is -1.14. The molecule has 2 aromatic rings. The van der Waals surface area contributed by atoms with Crippen molar-refractivity contribution in [3.63, 3.8) is 0 Å². The van der Waals surface area contributed by atoms with Crippen LogP contribution in [-0.4, -0.2) is 82.7 Å². The number of hydrogen-bond donors (Lipinski definition) is 3. The molecular formula is C28H38N4O6. The fraction of sp³-hybridized carbons (Fsp3) is 0.536. The SMILES string of the molecule is C[C@@H](C(=O)N[C@H]1CCO[C@H]2CC[C@@H](C(=O)Nc3cccc4ccccc34)N2C1O)N(C)C(=O)OC(C)(C)C. The molecule has 3 amide bonds. The van der Waals surface area contributed by atoms with Crippen LogP contribution in [-0.2, 0) is 19.1 Å². The molecule has 0 spiro atoms. The highest BCUT2D eigenvalue weighted by Crippen LogP contribution is 2.32. The number of hydrogen-bond acceptors (Lipinski definition) is 7. The van der Waals surface area contributed by atoms with Gasteiger partial charge in [-0.15, -0.1) is 0 Å². The maximum absolute atomic E-state index is 13.4. The summed E-state index contributed by atoms with van der Waals surface area (Å²) in [6, 6.07) is 11.4. The molecule has 2 heterocycles. The summed E-state index contributed by atoms with van der Waals surface area (Å²) in [5, 5.41) is 19.2. The summed E-state index contributed by atoms with van der Waals surface area (Å²) in [7, 11) is 1.50. The Morgan fingerprint density at radius 3 is 2.55 bits per heavy atom. The van der Waals surface area contributed by atoms with E-state index in [1.54, 1.807) is 32.6 Å². The van der Waals surface area contributed by atoms with Gasteiger partial charge in [-0.05, 0) is 58.4 Å². The second kappa shape index (κ2) is 11.3. The number of benzene rings is 2. The van der Waals surface area contributed by atoms with Crippen LogP contribution in [0.2, 0.25) is 0 Å². The minimum absolute atomic E-state index is 0.239. The van der Waals surface area contributed by atoms with E-state index in [9.17, 15) is 19.5 Å². The molecule has 0 saturated carbocycles. The van der Waals surface area contributed by atoms with Crippen LogP contribution in [0.3, 0.4) is 0 Å². The van der Waals surface area contributed by atoms with Crippen LogP contribution in [0.1, 0.15) is 47.0 Å². The van der Waals surface area contributed by atoms with E-state index in [0.29, 0.717) is 31.6 Å². The van der Waals surface area contributed by atoms with Crippen molar-refractivity contribution in [2.75, 3.05) is 19.0 Å². The van der Waals surface area contributed by atoms with Crippen molar-refractivity contribution >= 4 is 34.4 Å². The Morgan fingerprint density at radius 1 is 1.11 bits per heavy atom. The van der Waals surface area contributed by atoms with Crippen molar-refractivity contribution in [2.24, 2.45) is 0 Å². The molecule has 0 aromatic heterocycles. The first-order chi connectivity index (χ1) is 18.0. The number of ether oxygens (including phenoxy) is 2. The van der Waals surface area contributed by atoms with Gasteiger partial charge in [0.15, 0.2) is 0 Å². The van der Waals surface area contributed by atoms with Gasteiger partial charge in [-0.3, -0.25) is 14.5 Å². The van der Waals surface area contributed by atoms with Crippen LogP contribution in [0.25, 0.3) is 10.8 Å². The number of carbonyl (C=O) groups is 3. The lowest BCUT2D eigenvalue weighted by atomic mass is 10.1. The number of aliphatic hydroxyl groups excluding tert-OH is 1. The molecule has 0 aliphatic carbocycles. The van der Waals surface area contributed by atoms with Gasteiger partial charge in [0.2, 0.25) is 11.8 Å². The van der Waals surface area contributed by atoms with Gasteiger partial charge >= 0.3 is 6.09 Å². The number of anilines is 1. The van der Waals surface area contributed by atoms with E-state index < -0.39 is 48.2 Å². The lowest BCUT2D eigenvalue weighted by Crippen LogP contribution is -2.58. The highest BCUT2D eigenvalue weighted by atomic mass is 16.6. The smallest absolute Gasteiger partial charge is 0.410 e. The predicted octanol–water partition coefficient (Wildman–Crippen LogP) is 3.05. The summed E-state index contributed by atoms with van der Waals surface area (Å²) < 4.78 is 11.3. The number of rotatable bonds is 5. The Morgan fingerprint density at radius 2 is 1.82 bits per heavy atom. The first-order valence-corrected chi connectivity index (χ1v) is 13.1. The van der Waals surface area contributed by atoms with Crippen LogP contribution in [0.15, 0.2) is 42.5 Å². The summed E-state index contributed by atoms with van der Waals surface area (Å²) >= 11 is 0. The monoisotopic (exact) mass is 526 g/mol. The summed E-state index contributed by atoms with van der Waals surface area (Å²) in [5.74, 6) is -0.673. The minimum Gasteiger partial charge on any atom is -0.444 e. The quantitative estimate of drug-likeness (QED) is 0.548. The summed E-state index contributed by atoms with van der Waals surface area (Å²) in [6.45, 7) is 7.18. The average Bonchev–Trinajstić information content (AvgIpc) is 3.23. The number of likely N-dealkylation sites (N-methyl/N-ethyl adjacent to an activating group) is 1. The molecule has 2 aliphatic heterocycles. The normalized spacial score (nSPS) is 24.7. The van der Waals surface area contributed by atoms with Crippen LogP contribution < -0.4 is 10.6 Å². The number of nitrogens with zero attached hydrogens (tertiary/aromatic N) is 2. The third kappa shape index (κ3) is 6.09. The number of carbonyl (C=O) groups excluding carboxylic acids is 3. The van der Waals surface area contributed by atoms with Crippen molar-refractivity contribution in [3.8, 4) is 0 Å². The van der Waals surface area contributed by atoms with E-state index in [0.717, 1.165) is 10.8 Å². The van der Waals surface area contributed by atoms with Gasteiger partial charge in [0.05, 0.1) is 18.7 Å². The molecule has 4 rings (SSSR count). The third-order valence-corrected chi connectivity index (χ3v) is 7.10. The largest absolute Gasteiger partial charge is 0.444 e. The van der Waals surface area contributed by atoms with Crippen molar-refractivity contribution < 1.29 is 29.0 Å². The maximum Gasteiger partial charge on any atom is 0.410 e. The third-order valence-electron chi connectivity index (χ3n) is 7.10. The standard InChI is InChI=1S/C28H38N4O6/c1-17(31(5)27(36)38-28(2,3)4)24(33)30-21-15-16-37-23-14-13-22(32(23)26(21)35)25(34)29-20-12-8-10-18-9-6-7-11-19(18)20/h6-12,17,21-23,26,35H,13-16H2,1-5H3,(H,29,34)(H,30,33)/t17-,21-,22-,23-,26?/m0/s1. The summed E-state index contributed by atoms with van der Waals surface area (Å²) in [4.78, 5) is 41.8. The van der Waals surface area contributed by atoms with Crippen LogP contribution >= 0.6 is 0 Å². The van der Waals surface area contributed by atoms with E-state index >= 15 is 0 Å². The number of fused-ring (bicyclic) bond motifs is 2. The molecule has 38 heavy (non-hydrogen) atoms. The number of nitrogens with one attached hydrogen (secondary N) is 2. The van der Waals surface area contributed by atoms with Crippen molar-refractivity contribution in [2.45, 2.75) is 83.1 Å². The van der Waals surface area contributed by atoms with E-state index in [-0.39, 0.29) is 5.91 Å². The maximum atomic E-state index is 13.4. The second-order valence-electron chi connectivity index (χ2n) is 11.0. The molecule has 206 valence electrons. The van der Waals surface area contributed by atoms with Crippen molar-refractivity contribution in [1.82, 2.24) is 15.1 Å². The first kappa shape index (κ1) is 27.8. The molecule has 10 nitrogen and oxygen atoms in total. The molecule has 2 aromatic carbocycles. The molecule has 2 fully saturated rings. The van der Waals surface area contributed by atoms with Gasteiger partial charge in [0.25, 0.3) is 0 Å². The molecule has 1 unspecified atom stereocenters. The van der Waals surface area contributed by atoms with Crippen LogP contribution in [0, 0.1) is 0 Å². The van der Waals surface area contributed by atoms with E-state index in [1.807, 2.05) is 42.5 Å². The number of amides is 3. The Hall–Kier alpha value is -3.21. The lowest BCUT2D eigenvalue weighted by molar-refractivity contribution is -0.141. The average molecular weight is 527 g/mol. The highest BCUT2D eigenvalue weighted by molar-refractivity contribution is 6.03. The summed E-state index contributed by atoms with van der Waals surface area (Å²) in [5.41, 5.74) is 0.00795. The second-order valence-corrected chi connectivity index (χ2v) is 11.0. The van der Waals surface area contributed by atoms with Crippen LogP contribution in [0.5, 0.6) is 0 Å². The van der Waals surface area contributed by atoms with Gasteiger partial charge in [-0.2, -0.15) is 0 Å². The molecule has 2 saturated heterocycles. The predicted molar refractivity (Wildman–Crippen MR) is 143 cm³/mol. The molecule has 0 radical (unpaired) electrons. The van der Waals surface area contributed by atoms with E-state index in [1.165, 1.54) is 11.9 Å². The Labute approximate surface area is 223 Å². The fourth-order valence-electron chi connectivity index (χ4n) is 4.95. The zero-order valence-electron chi connectivity index (χ0n) is 22.6. The molecule has 2 aliphatic rings. The van der Waals surface area contributed by atoms with E-state index in [2.05, 4.69) is 10.6 Å². The Balaban J connectivity index is 1.45. The van der Waals surface area contributed by atoms with Gasteiger partial charge in [0, 0.05) is 18.1 Å². The van der Waals surface area contributed by atoms with Gasteiger partial charge in [0.1, 0.15) is 24.1 Å². The molecular weight excluding hydrogens is 488 g/mol. The fourth-order valence-corrected chi connectivity index (χ4v) is 4.95. The Bertz CT molecular complexity index is 1180. The first-order valence-electron chi connectivity index (χ1n) is 13.1. The number of aliphatic hydroxyl groups is 1. The highest BCUT2D eigenvalue weighted by Gasteiger charge is 2.46. The zero-order valence-corrected chi connectivity index (χ0v) is 22.6. The lowest BCUT2D eigenvalue weighted by Gasteiger charge is -2.35. The topological polar surface area (TPSA) is 120 Å². The van der Waals surface area contributed by atoms with Gasteiger partial charge in [-0.25, -0.2) is 9.69 Å². The zero-order chi connectivity index (χ0) is 27.6. The molecule has 3 N–H and O–H groups in total. The van der Waals surface area contributed by atoms with Crippen LogP contribution in [0.4, 0.5) is 10.5 Å². The molecule has 5 atom stereocenters. The molecule has 0 bridgehead atoms.